The van der Waals surface area contributed by atoms with Gasteiger partial charge in [0.25, 0.3) is 5.56 Å². The lowest BCUT2D eigenvalue weighted by Gasteiger charge is -2.11. The summed E-state index contributed by atoms with van der Waals surface area (Å²) in [5, 5.41) is 7.17. The first-order chi connectivity index (χ1) is 11.9. The molecule has 0 aliphatic rings. The van der Waals surface area contributed by atoms with Gasteiger partial charge in [-0.2, -0.15) is 5.10 Å². The van der Waals surface area contributed by atoms with Crippen LogP contribution in [0.1, 0.15) is 17.1 Å². The van der Waals surface area contributed by atoms with E-state index < -0.39 is 0 Å². The SMILES string of the molecule is Cc1cc2c(cc3c(=O)n(CC(=O)NCCCN(C)C)nc(C)n32)s1. The third kappa shape index (κ3) is 3.59. The van der Waals surface area contributed by atoms with E-state index in [1.165, 1.54) is 9.56 Å². The minimum atomic E-state index is -0.241. The summed E-state index contributed by atoms with van der Waals surface area (Å²) < 4.78 is 4.18. The van der Waals surface area contributed by atoms with Gasteiger partial charge >= 0.3 is 0 Å². The molecular weight excluding hydrogens is 338 g/mol. The van der Waals surface area contributed by atoms with Crippen molar-refractivity contribution in [2.75, 3.05) is 27.2 Å². The lowest BCUT2D eigenvalue weighted by Crippen LogP contribution is -2.35. The van der Waals surface area contributed by atoms with Crippen molar-refractivity contribution in [3.05, 3.63) is 33.2 Å². The number of aryl methyl sites for hydroxylation is 2. The Balaban J connectivity index is 1.81. The van der Waals surface area contributed by atoms with Crippen molar-refractivity contribution >= 4 is 33.0 Å². The highest BCUT2D eigenvalue weighted by molar-refractivity contribution is 7.19. The largest absolute Gasteiger partial charge is 0.354 e. The molecule has 0 atom stereocenters. The molecule has 0 aromatic carbocycles. The van der Waals surface area contributed by atoms with Gasteiger partial charge in [-0.1, -0.05) is 0 Å². The van der Waals surface area contributed by atoms with E-state index in [-0.39, 0.29) is 18.0 Å². The zero-order chi connectivity index (χ0) is 18.1. The number of hydrogen-bond acceptors (Lipinski definition) is 5. The highest BCUT2D eigenvalue weighted by Crippen LogP contribution is 2.27. The van der Waals surface area contributed by atoms with Crippen LogP contribution in [0.15, 0.2) is 16.9 Å². The van der Waals surface area contributed by atoms with E-state index in [1.54, 1.807) is 11.3 Å². The molecule has 7 nitrogen and oxygen atoms in total. The molecule has 0 unspecified atom stereocenters. The summed E-state index contributed by atoms with van der Waals surface area (Å²) in [5.41, 5.74) is 1.32. The number of nitrogens with zero attached hydrogens (tertiary/aromatic N) is 4. The van der Waals surface area contributed by atoms with E-state index in [2.05, 4.69) is 21.4 Å². The normalized spacial score (nSPS) is 11.7. The van der Waals surface area contributed by atoms with Crippen LogP contribution in [-0.2, 0) is 11.3 Å². The second-order valence-corrected chi connectivity index (χ2v) is 7.78. The molecule has 0 spiro atoms. The summed E-state index contributed by atoms with van der Waals surface area (Å²) in [6.45, 7) is 5.33. The maximum absolute atomic E-state index is 12.7. The highest BCUT2D eigenvalue weighted by atomic mass is 32.1. The number of rotatable bonds is 6. The van der Waals surface area contributed by atoms with Gasteiger partial charge in [-0.15, -0.1) is 11.3 Å². The number of carbonyl (C=O) groups is 1. The highest BCUT2D eigenvalue weighted by Gasteiger charge is 2.15. The van der Waals surface area contributed by atoms with Gasteiger partial charge < -0.3 is 10.2 Å². The molecule has 3 aromatic heterocycles. The summed E-state index contributed by atoms with van der Waals surface area (Å²) in [6.07, 6.45) is 0.869. The molecule has 1 amide bonds. The van der Waals surface area contributed by atoms with Gasteiger partial charge in [0.1, 0.15) is 17.9 Å². The molecule has 0 aliphatic heterocycles. The third-order valence-corrected chi connectivity index (χ3v) is 5.04. The molecule has 0 fully saturated rings. The average Bonchev–Trinajstić information content (AvgIpc) is 3.04. The van der Waals surface area contributed by atoms with E-state index in [0.29, 0.717) is 17.9 Å². The van der Waals surface area contributed by atoms with Gasteiger partial charge in [0.15, 0.2) is 0 Å². The van der Waals surface area contributed by atoms with Crippen molar-refractivity contribution in [2.24, 2.45) is 0 Å². The molecule has 3 heterocycles. The van der Waals surface area contributed by atoms with Gasteiger partial charge in [-0.25, -0.2) is 4.68 Å². The van der Waals surface area contributed by atoms with Crippen LogP contribution in [0.4, 0.5) is 0 Å². The van der Waals surface area contributed by atoms with Gasteiger partial charge in [-0.3, -0.25) is 14.0 Å². The quantitative estimate of drug-likeness (QED) is 0.674. The number of nitrogens with one attached hydrogen (secondary N) is 1. The van der Waals surface area contributed by atoms with Crippen LogP contribution in [-0.4, -0.2) is 52.2 Å². The smallest absolute Gasteiger partial charge is 0.291 e. The average molecular weight is 361 g/mol. The molecule has 134 valence electrons. The molecule has 0 saturated carbocycles. The van der Waals surface area contributed by atoms with Crippen molar-refractivity contribution in [2.45, 2.75) is 26.8 Å². The first-order valence-electron chi connectivity index (χ1n) is 8.27. The minimum Gasteiger partial charge on any atom is -0.354 e. The number of amides is 1. The Hall–Kier alpha value is -2.19. The monoisotopic (exact) mass is 361 g/mol. The molecule has 0 radical (unpaired) electrons. The zero-order valence-electron chi connectivity index (χ0n) is 15.0. The maximum Gasteiger partial charge on any atom is 0.291 e. The van der Waals surface area contributed by atoms with Crippen LogP contribution in [0.25, 0.3) is 15.7 Å². The van der Waals surface area contributed by atoms with Crippen molar-refractivity contribution in [1.29, 1.82) is 0 Å². The molecule has 0 saturated heterocycles. The summed E-state index contributed by atoms with van der Waals surface area (Å²) in [5.74, 6) is 0.504. The number of aromatic nitrogens is 3. The van der Waals surface area contributed by atoms with Crippen LogP contribution in [0.3, 0.4) is 0 Å². The van der Waals surface area contributed by atoms with Crippen LogP contribution in [0.5, 0.6) is 0 Å². The number of thiophene rings is 1. The summed E-state index contributed by atoms with van der Waals surface area (Å²) >= 11 is 1.65. The third-order valence-electron chi connectivity index (χ3n) is 4.05. The Labute approximate surface area is 149 Å². The fourth-order valence-corrected chi connectivity index (χ4v) is 3.88. The lowest BCUT2D eigenvalue weighted by molar-refractivity contribution is -0.121. The summed E-state index contributed by atoms with van der Waals surface area (Å²) in [4.78, 5) is 28.0. The Bertz CT molecular complexity index is 982. The Kier molecular flexibility index (Phi) is 4.91. The standard InChI is InChI=1S/C17H23N5O2S/c1-11-8-13-15(25-11)9-14-17(24)21(19-12(2)22(13)14)10-16(23)18-6-5-7-20(3)4/h8-9H,5-7,10H2,1-4H3,(H,18,23). The lowest BCUT2D eigenvalue weighted by atomic mass is 10.4. The Morgan fingerprint density at radius 2 is 2.04 bits per heavy atom. The fraction of sp³-hybridized carbons (Fsp3) is 0.471. The number of fused-ring (bicyclic) bond motifs is 3. The predicted molar refractivity (Wildman–Crippen MR) is 100 cm³/mol. The molecule has 1 N–H and O–H groups in total. The van der Waals surface area contributed by atoms with Gasteiger partial charge in [0.05, 0.1) is 10.2 Å². The molecule has 0 bridgehead atoms. The van der Waals surface area contributed by atoms with Gasteiger partial charge in [-0.05, 0) is 53.0 Å². The molecule has 25 heavy (non-hydrogen) atoms. The Morgan fingerprint density at radius 3 is 2.76 bits per heavy atom. The first-order valence-corrected chi connectivity index (χ1v) is 9.09. The van der Waals surface area contributed by atoms with Crippen molar-refractivity contribution in [1.82, 2.24) is 24.4 Å². The molecule has 8 heteroatoms. The van der Waals surface area contributed by atoms with Gasteiger partial charge in [0, 0.05) is 11.4 Å². The Morgan fingerprint density at radius 1 is 1.28 bits per heavy atom. The number of carbonyl (C=O) groups excluding carboxylic acids is 1. The second kappa shape index (κ2) is 6.97. The van der Waals surface area contributed by atoms with Crippen LogP contribution < -0.4 is 10.9 Å². The van der Waals surface area contributed by atoms with E-state index in [9.17, 15) is 9.59 Å². The summed E-state index contributed by atoms with van der Waals surface area (Å²) in [6, 6.07) is 3.94. The van der Waals surface area contributed by atoms with Crippen molar-refractivity contribution in [3.8, 4) is 0 Å². The van der Waals surface area contributed by atoms with E-state index in [1.807, 2.05) is 38.4 Å². The van der Waals surface area contributed by atoms with Gasteiger partial charge in [0.2, 0.25) is 5.91 Å². The van der Waals surface area contributed by atoms with Crippen molar-refractivity contribution in [3.63, 3.8) is 0 Å². The van der Waals surface area contributed by atoms with E-state index in [4.69, 9.17) is 0 Å². The summed E-state index contributed by atoms with van der Waals surface area (Å²) in [7, 11) is 3.99. The maximum atomic E-state index is 12.7. The fourth-order valence-electron chi connectivity index (χ4n) is 2.94. The van der Waals surface area contributed by atoms with Crippen LogP contribution >= 0.6 is 11.3 Å². The van der Waals surface area contributed by atoms with Crippen LogP contribution in [0.2, 0.25) is 0 Å². The molecular formula is C17H23N5O2S. The van der Waals surface area contributed by atoms with Crippen molar-refractivity contribution < 1.29 is 4.79 Å². The predicted octanol–water partition coefficient (Wildman–Crippen LogP) is 1.40. The van der Waals surface area contributed by atoms with E-state index >= 15 is 0 Å². The first kappa shape index (κ1) is 17.6. The molecule has 3 aromatic rings. The zero-order valence-corrected chi connectivity index (χ0v) is 15.8. The second-order valence-electron chi connectivity index (χ2n) is 6.49. The molecule has 0 aliphatic carbocycles. The van der Waals surface area contributed by atoms with Crippen LogP contribution in [0, 0.1) is 13.8 Å². The minimum absolute atomic E-state index is 0.0595. The number of hydrogen-bond donors (Lipinski definition) is 1. The van der Waals surface area contributed by atoms with E-state index in [0.717, 1.165) is 23.2 Å². The topological polar surface area (TPSA) is 71.6 Å². The molecule has 3 rings (SSSR count).